The van der Waals surface area contributed by atoms with Crippen LogP contribution in [0.1, 0.15) is 130 Å². The molecule has 1 aliphatic rings. The molecule has 0 fully saturated rings. The zero-order chi connectivity index (χ0) is 52.6. The number of aromatic nitrogens is 4. The van der Waals surface area contributed by atoms with Gasteiger partial charge in [0, 0.05) is 63.0 Å². The number of allylic oxidation sites excluding steroid dienone is 5. The van der Waals surface area contributed by atoms with Crippen molar-refractivity contribution in [3.8, 4) is 62.6 Å². The summed E-state index contributed by atoms with van der Waals surface area (Å²) in [5.74, 6) is 1.67. The lowest BCUT2D eigenvalue weighted by Crippen LogP contribution is -2.29. The number of nitrogens with one attached hydrogen (secondary N) is 4. The molecule has 2 atom stereocenters. The summed E-state index contributed by atoms with van der Waals surface area (Å²) in [5.41, 5.74) is 11.3. The average molecular weight is 950 g/mol. The normalized spacial score (nSPS) is 11.2. The van der Waals surface area contributed by atoms with E-state index < -0.39 is 0 Å². The minimum atomic E-state index is -0.333. The number of imidazole rings is 2. The number of aryl methyl sites for hydroxylation is 1. The first-order chi connectivity index (χ1) is 31.6. The van der Waals surface area contributed by atoms with Gasteiger partial charge in [0.05, 0.1) is 13.1 Å². The number of halogens is 2. The molecule has 11 nitrogen and oxygen atoms in total. The molecule has 1 aromatic carbocycles. The SMILES string of the molecule is C#C.C#C.C#C.C#C.C=C(C)NCC(=C)N(CCC)Cc1nc(C2=CCC(c3ccc(-c4nc(CC)[nH]c4Cl)cc3)C=C2)c(Cl)[nH]1.CC(N)=O.CCC.CCC.CC[C@H](C)NC=O.COC. The van der Waals surface area contributed by atoms with Crippen molar-refractivity contribution in [1.29, 1.82) is 0 Å². The molecule has 6 N–H and O–H groups in total. The van der Waals surface area contributed by atoms with Gasteiger partial charge in [-0.05, 0) is 44.2 Å². The standard InChI is InChI=1S/C30H36Cl2N6.C5H11NO.2C3H8.C2H5NO.C2H6O.4C2H2/c1-6-16-38(20(5)17-33-19(3)4)18-26-35-28(30(32)37-26)24-14-10-22(11-15-24)21-8-12-23(13-9-21)27-29(31)36-25(7-2)34-27;1-3-5(2)6-4-7;2*1-3-2;1-2(3)4;1-3-2;4*1-2/h8-10,12-15,22,33H,3,5-7,11,16-18H2,1-2,4H3,(H,34,36)(H,35,37);4-5H,3H2,1-2H3,(H,6,7);2*3H2,1-2H3;1H3,(H2,3,4);1-2H3;4*1-2H/t;5-;;;;;;;;/m.0......../s1. The summed E-state index contributed by atoms with van der Waals surface area (Å²) in [5, 5.41) is 7.01. The highest BCUT2D eigenvalue weighted by Crippen LogP contribution is 2.34. The lowest BCUT2D eigenvalue weighted by Gasteiger charge is -2.26. The summed E-state index contributed by atoms with van der Waals surface area (Å²) < 4.78 is 4.25. The van der Waals surface area contributed by atoms with E-state index in [2.05, 4.69) is 190 Å². The second kappa shape index (κ2) is 49.9. The van der Waals surface area contributed by atoms with E-state index >= 15 is 0 Å². The number of hydrogen-bond donors (Lipinski definition) is 5. The van der Waals surface area contributed by atoms with Gasteiger partial charge < -0.3 is 36.0 Å². The first-order valence-electron chi connectivity index (χ1n) is 21.6. The van der Waals surface area contributed by atoms with Crippen LogP contribution in [-0.4, -0.2) is 70.5 Å². The molecule has 0 bridgehead atoms. The summed E-state index contributed by atoms with van der Waals surface area (Å²) in [4.78, 5) is 36.9. The van der Waals surface area contributed by atoms with Crippen molar-refractivity contribution in [3.63, 3.8) is 0 Å². The van der Waals surface area contributed by atoms with Crippen molar-refractivity contribution in [2.75, 3.05) is 27.3 Å². The molecule has 4 rings (SSSR count). The molecule has 0 saturated carbocycles. The van der Waals surface area contributed by atoms with Gasteiger partial charge in [0.25, 0.3) is 0 Å². The average Bonchev–Trinajstić information content (AvgIpc) is 3.89. The fraction of sp³-hybridized carbons (Fsp3) is 0.434. The van der Waals surface area contributed by atoms with Crippen LogP contribution in [0, 0.1) is 51.4 Å². The van der Waals surface area contributed by atoms with Gasteiger partial charge in [-0.25, -0.2) is 9.97 Å². The quantitative estimate of drug-likeness (QED) is 0.0751. The van der Waals surface area contributed by atoms with Gasteiger partial charge in [-0.1, -0.05) is 140 Å². The third kappa shape index (κ3) is 35.3. The molecule has 2 amide bonds. The molecule has 66 heavy (non-hydrogen) atoms. The maximum absolute atomic E-state index is 9.66. The number of primary amides is 1. The molecular weight excluding hydrogens is 868 g/mol. The lowest BCUT2D eigenvalue weighted by molar-refractivity contribution is -0.116. The molecule has 0 saturated heterocycles. The molecule has 2 aromatic heterocycles. The fourth-order valence-corrected chi connectivity index (χ4v) is 5.27. The van der Waals surface area contributed by atoms with E-state index in [-0.39, 0.29) is 11.8 Å². The van der Waals surface area contributed by atoms with Crippen LogP contribution in [0.5, 0.6) is 0 Å². The highest BCUT2D eigenvalue weighted by Gasteiger charge is 2.19. The molecular formula is C53H82Cl2N8O3. The molecule has 13 heteroatoms. The Kier molecular flexibility index (Phi) is 54.1. The minimum Gasteiger partial charge on any atom is -0.388 e. The summed E-state index contributed by atoms with van der Waals surface area (Å²) in [6, 6.07) is 8.80. The van der Waals surface area contributed by atoms with E-state index in [0.29, 0.717) is 29.4 Å². The zero-order valence-corrected chi connectivity index (χ0v) is 43.6. The van der Waals surface area contributed by atoms with Crippen LogP contribution in [0.2, 0.25) is 10.3 Å². The van der Waals surface area contributed by atoms with Crippen LogP contribution in [0.4, 0.5) is 0 Å². The van der Waals surface area contributed by atoms with Gasteiger partial charge in [0.1, 0.15) is 33.3 Å². The Bertz CT molecular complexity index is 1800. The number of nitrogens with zero attached hydrogens (tertiary/aromatic N) is 3. The third-order valence-electron chi connectivity index (χ3n) is 7.58. The Labute approximate surface area is 411 Å². The summed E-state index contributed by atoms with van der Waals surface area (Å²) >= 11 is 12.9. The predicted molar refractivity (Wildman–Crippen MR) is 287 cm³/mol. The monoisotopic (exact) mass is 949 g/mol. The van der Waals surface area contributed by atoms with Crippen LogP contribution >= 0.6 is 23.2 Å². The van der Waals surface area contributed by atoms with Crippen molar-refractivity contribution in [1.82, 2.24) is 35.5 Å². The summed E-state index contributed by atoms with van der Waals surface area (Å²) in [6.45, 7) is 30.3. The molecule has 3 aromatic rings. The maximum atomic E-state index is 9.66. The van der Waals surface area contributed by atoms with Crippen LogP contribution in [0.25, 0.3) is 16.8 Å². The van der Waals surface area contributed by atoms with E-state index in [1.165, 1.54) is 25.3 Å². The zero-order valence-electron chi connectivity index (χ0n) is 42.1. The maximum Gasteiger partial charge on any atom is 0.214 e. The number of H-pyrrole nitrogens is 2. The number of carbonyl (C=O) groups excluding carboxylic acids is 2. The van der Waals surface area contributed by atoms with Gasteiger partial charge in [0.15, 0.2) is 0 Å². The summed E-state index contributed by atoms with van der Waals surface area (Å²) in [7, 11) is 3.25. The van der Waals surface area contributed by atoms with E-state index in [9.17, 15) is 9.59 Å². The number of amides is 2. The van der Waals surface area contributed by atoms with Gasteiger partial charge >= 0.3 is 0 Å². The molecule has 1 unspecified atom stereocenters. The number of ether oxygens (including phenoxy) is 1. The van der Waals surface area contributed by atoms with Crippen LogP contribution in [0.3, 0.4) is 0 Å². The largest absolute Gasteiger partial charge is 0.388 e. The molecule has 2 heterocycles. The second-order valence-electron chi connectivity index (χ2n) is 13.7. The number of benzene rings is 1. The molecule has 366 valence electrons. The Hall–Kier alpha value is -6.08. The van der Waals surface area contributed by atoms with Gasteiger partial charge in [-0.2, -0.15) is 0 Å². The first-order valence-corrected chi connectivity index (χ1v) is 22.3. The lowest BCUT2D eigenvalue weighted by atomic mass is 9.89. The van der Waals surface area contributed by atoms with E-state index in [4.69, 9.17) is 28.2 Å². The fourth-order valence-electron chi connectivity index (χ4n) is 4.75. The Morgan fingerprint density at radius 1 is 0.894 bits per heavy atom. The molecule has 0 aliphatic heterocycles. The number of methoxy groups -OCH3 is 1. The highest BCUT2D eigenvalue weighted by molar-refractivity contribution is 6.32. The van der Waals surface area contributed by atoms with Gasteiger partial charge in [0.2, 0.25) is 12.3 Å². The Morgan fingerprint density at radius 2 is 1.35 bits per heavy atom. The van der Waals surface area contributed by atoms with Gasteiger partial charge in [-0.15, -0.1) is 51.4 Å². The van der Waals surface area contributed by atoms with E-state index in [1.54, 1.807) is 14.2 Å². The Morgan fingerprint density at radius 3 is 1.71 bits per heavy atom. The van der Waals surface area contributed by atoms with Crippen molar-refractivity contribution in [2.45, 2.75) is 126 Å². The van der Waals surface area contributed by atoms with Crippen LogP contribution < -0.4 is 16.4 Å². The number of terminal acetylenes is 4. The van der Waals surface area contributed by atoms with Crippen molar-refractivity contribution >= 4 is 41.1 Å². The van der Waals surface area contributed by atoms with E-state index in [0.717, 1.165) is 84.2 Å². The third-order valence-corrected chi connectivity index (χ3v) is 8.13. The minimum absolute atomic E-state index is 0.287. The number of nitrogens with two attached hydrogens (primary N) is 1. The summed E-state index contributed by atoms with van der Waals surface area (Å²) in [6.07, 6.45) is 45.5. The highest BCUT2D eigenvalue weighted by atomic mass is 35.5. The van der Waals surface area contributed by atoms with Crippen molar-refractivity contribution < 1.29 is 14.3 Å². The van der Waals surface area contributed by atoms with E-state index in [1.807, 2.05) is 20.8 Å². The number of carbonyl (C=O) groups is 2. The van der Waals surface area contributed by atoms with Crippen LogP contribution in [-0.2, 0) is 27.3 Å². The van der Waals surface area contributed by atoms with Crippen LogP contribution in [0.15, 0.2) is 67.0 Å². The van der Waals surface area contributed by atoms with Crippen molar-refractivity contribution in [3.05, 3.63) is 100 Å². The first kappa shape index (κ1) is 71.5. The topological polar surface area (TPSA) is 154 Å². The molecule has 0 radical (unpaired) electrons. The Balaban J connectivity index is -0.000000266. The smallest absolute Gasteiger partial charge is 0.214 e. The predicted octanol–water partition coefficient (Wildman–Crippen LogP) is 11.8. The number of hydrogen-bond acceptors (Lipinski definition) is 7. The van der Waals surface area contributed by atoms with Crippen molar-refractivity contribution in [2.24, 2.45) is 5.73 Å². The number of rotatable bonds is 15. The molecule has 1 aliphatic carbocycles. The molecule has 0 spiro atoms. The van der Waals surface area contributed by atoms with Gasteiger partial charge in [-0.3, -0.25) is 9.59 Å². The second-order valence-corrected chi connectivity index (χ2v) is 14.4. The number of aromatic amines is 2.